The Morgan fingerprint density at radius 1 is 1.21 bits per heavy atom. The summed E-state index contributed by atoms with van der Waals surface area (Å²) in [6, 6.07) is 11.8. The standard InChI is InChI=1S/C15H19NOS2/c1-15(2,3)12-7-5-8-13(11-12)16-19(4,17)14-9-6-10-18-14/h5-11H,4H2,1-3H3,(H,16,17). The molecule has 2 rings (SSSR count). The van der Waals surface area contributed by atoms with Gasteiger partial charge in [0.15, 0.2) is 0 Å². The van der Waals surface area contributed by atoms with E-state index in [1.54, 1.807) is 0 Å². The molecule has 0 fully saturated rings. The quantitative estimate of drug-likeness (QED) is 0.846. The molecule has 19 heavy (non-hydrogen) atoms. The Morgan fingerprint density at radius 2 is 1.95 bits per heavy atom. The van der Waals surface area contributed by atoms with Crippen LogP contribution in [-0.4, -0.2) is 10.1 Å². The van der Waals surface area contributed by atoms with Crippen molar-refractivity contribution in [1.82, 2.24) is 0 Å². The molecule has 0 aliphatic carbocycles. The fourth-order valence-corrected chi connectivity index (χ4v) is 4.01. The van der Waals surface area contributed by atoms with Crippen molar-refractivity contribution in [1.29, 1.82) is 0 Å². The number of benzene rings is 1. The number of hydrogen-bond acceptors (Lipinski definition) is 2. The molecular formula is C15H19NOS2. The fourth-order valence-electron chi connectivity index (χ4n) is 1.74. The van der Waals surface area contributed by atoms with E-state index < -0.39 is 9.71 Å². The van der Waals surface area contributed by atoms with Gasteiger partial charge in [-0.1, -0.05) is 39.0 Å². The topological polar surface area (TPSA) is 29.1 Å². The van der Waals surface area contributed by atoms with Gasteiger partial charge < -0.3 is 4.72 Å². The van der Waals surface area contributed by atoms with Crippen LogP contribution in [0.1, 0.15) is 26.3 Å². The molecule has 1 aromatic carbocycles. The summed E-state index contributed by atoms with van der Waals surface area (Å²) in [5.74, 6) is 3.83. The van der Waals surface area contributed by atoms with Crippen LogP contribution in [0.3, 0.4) is 0 Å². The van der Waals surface area contributed by atoms with Crippen LogP contribution in [-0.2, 0) is 15.1 Å². The Morgan fingerprint density at radius 3 is 2.53 bits per heavy atom. The van der Waals surface area contributed by atoms with Crippen molar-refractivity contribution in [3.63, 3.8) is 0 Å². The summed E-state index contributed by atoms with van der Waals surface area (Å²) >= 11 is 1.46. The molecule has 102 valence electrons. The van der Waals surface area contributed by atoms with Crippen molar-refractivity contribution in [2.24, 2.45) is 0 Å². The molecule has 0 bridgehead atoms. The van der Waals surface area contributed by atoms with E-state index in [0.717, 1.165) is 9.90 Å². The highest BCUT2D eigenvalue weighted by molar-refractivity contribution is 8.03. The highest BCUT2D eigenvalue weighted by Crippen LogP contribution is 2.26. The van der Waals surface area contributed by atoms with E-state index in [-0.39, 0.29) is 5.41 Å². The van der Waals surface area contributed by atoms with Gasteiger partial charge in [-0.15, -0.1) is 11.3 Å². The first kappa shape index (κ1) is 14.2. The van der Waals surface area contributed by atoms with Crippen molar-refractivity contribution in [2.75, 3.05) is 4.72 Å². The summed E-state index contributed by atoms with van der Waals surface area (Å²) in [6.45, 7) is 6.48. The van der Waals surface area contributed by atoms with Gasteiger partial charge in [0, 0.05) is 5.69 Å². The molecule has 2 nitrogen and oxygen atoms in total. The second-order valence-corrected chi connectivity index (χ2v) is 8.74. The summed E-state index contributed by atoms with van der Waals surface area (Å²) in [5, 5.41) is 1.91. The van der Waals surface area contributed by atoms with E-state index in [0.29, 0.717) is 0 Å². The minimum Gasteiger partial charge on any atom is -0.309 e. The molecule has 1 N–H and O–H groups in total. The van der Waals surface area contributed by atoms with Gasteiger partial charge in [0.05, 0.1) is 9.71 Å². The van der Waals surface area contributed by atoms with Crippen molar-refractivity contribution in [2.45, 2.75) is 30.4 Å². The van der Waals surface area contributed by atoms with Gasteiger partial charge in [0.25, 0.3) is 0 Å². The number of rotatable bonds is 3. The smallest absolute Gasteiger partial charge is 0.102 e. The van der Waals surface area contributed by atoms with E-state index in [4.69, 9.17) is 0 Å². The van der Waals surface area contributed by atoms with Crippen molar-refractivity contribution < 1.29 is 4.21 Å². The van der Waals surface area contributed by atoms with Crippen LogP contribution in [0.25, 0.3) is 0 Å². The van der Waals surface area contributed by atoms with Gasteiger partial charge in [0.2, 0.25) is 0 Å². The Bertz CT molecular complexity index is 650. The molecular weight excluding hydrogens is 274 g/mol. The average Bonchev–Trinajstić information content (AvgIpc) is 2.81. The van der Waals surface area contributed by atoms with Gasteiger partial charge in [-0.25, -0.2) is 4.21 Å². The lowest BCUT2D eigenvalue weighted by atomic mass is 9.87. The second-order valence-electron chi connectivity index (χ2n) is 5.54. The predicted octanol–water partition coefficient (Wildman–Crippen LogP) is 4.15. The number of thiophene rings is 1. The molecule has 2 aromatic rings. The molecule has 0 amide bonds. The van der Waals surface area contributed by atoms with Crippen LogP contribution in [0.15, 0.2) is 46.0 Å². The summed E-state index contributed by atoms with van der Waals surface area (Å²) in [6.07, 6.45) is 0. The highest BCUT2D eigenvalue weighted by Gasteiger charge is 2.15. The number of anilines is 1. The van der Waals surface area contributed by atoms with E-state index in [1.807, 2.05) is 35.7 Å². The van der Waals surface area contributed by atoms with Crippen LogP contribution >= 0.6 is 11.3 Å². The Hall–Kier alpha value is -1.26. The molecule has 1 heterocycles. The zero-order valence-electron chi connectivity index (χ0n) is 11.5. The Kier molecular flexibility index (Phi) is 3.74. The van der Waals surface area contributed by atoms with Crippen molar-refractivity contribution in [3.05, 3.63) is 47.3 Å². The molecule has 0 spiro atoms. The summed E-state index contributed by atoms with van der Waals surface area (Å²) in [5.41, 5.74) is 2.13. The molecule has 1 unspecified atom stereocenters. The summed E-state index contributed by atoms with van der Waals surface area (Å²) in [7, 11) is -2.46. The van der Waals surface area contributed by atoms with Gasteiger partial charge in [-0.05, 0) is 40.4 Å². The summed E-state index contributed by atoms with van der Waals surface area (Å²) in [4.78, 5) is 0. The Labute approximate surface area is 119 Å². The molecule has 0 radical (unpaired) electrons. The second kappa shape index (κ2) is 5.02. The van der Waals surface area contributed by atoms with Crippen LogP contribution in [0.4, 0.5) is 5.69 Å². The fraction of sp³-hybridized carbons (Fsp3) is 0.267. The molecule has 0 aliphatic heterocycles. The zero-order chi connectivity index (χ0) is 14.1. The maximum absolute atomic E-state index is 12.6. The van der Waals surface area contributed by atoms with Crippen molar-refractivity contribution >= 4 is 32.6 Å². The highest BCUT2D eigenvalue weighted by atomic mass is 32.2. The van der Waals surface area contributed by atoms with Crippen molar-refractivity contribution in [3.8, 4) is 0 Å². The maximum Gasteiger partial charge on any atom is 0.102 e. The van der Waals surface area contributed by atoms with Gasteiger partial charge in [-0.3, -0.25) is 0 Å². The lowest BCUT2D eigenvalue weighted by Gasteiger charge is -2.20. The first-order valence-electron chi connectivity index (χ1n) is 6.08. The van der Waals surface area contributed by atoms with E-state index in [2.05, 4.69) is 37.4 Å². The van der Waals surface area contributed by atoms with Crippen LogP contribution in [0, 0.1) is 0 Å². The third kappa shape index (κ3) is 3.39. The molecule has 0 saturated carbocycles. The van der Waals surface area contributed by atoms with Crippen LogP contribution < -0.4 is 4.72 Å². The van der Waals surface area contributed by atoms with Crippen LogP contribution in [0.5, 0.6) is 0 Å². The zero-order valence-corrected chi connectivity index (χ0v) is 13.1. The van der Waals surface area contributed by atoms with Crippen LogP contribution in [0.2, 0.25) is 0 Å². The third-order valence-corrected chi connectivity index (χ3v) is 5.94. The van der Waals surface area contributed by atoms with E-state index >= 15 is 0 Å². The minimum absolute atomic E-state index is 0.0721. The Balaban J connectivity index is 2.30. The summed E-state index contributed by atoms with van der Waals surface area (Å²) < 4.78 is 16.4. The normalized spacial score (nSPS) is 14.9. The minimum atomic E-state index is -2.46. The first-order chi connectivity index (χ1) is 8.79. The monoisotopic (exact) mass is 293 g/mol. The third-order valence-electron chi connectivity index (χ3n) is 2.83. The molecule has 1 aromatic heterocycles. The van der Waals surface area contributed by atoms with Gasteiger partial charge in [0.1, 0.15) is 4.21 Å². The first-order valence-corrected chi connectivity index (χ1v) is 8.69. The van der Waals surface area contributed by atoms with Gasteiger partial charge in [-0.2, -0.15) is 0 Å². The van der Waals surface area contributed by atoms with Gasteiger partial charge >= 0.3 is 0 Å². The maximum atomic E-state index is 12.6. The van der Waals surface area contributed by atoms with E-state index in [1.165, 1.54) is 16.9 Å². The number of nitrogens with one attached hydrogen (secondary N) is 1. The predicted molar refractivity (Wildman–Crippen MR) is 86.6 cm³/mol. The SMILES string of the molecule is C=S(=O)(Nc1cccc(C(C)(C)C)c1)c1cccs1. The lowest BCUT2D eigenvalue weighted by Crippen LogP contribution is -2.14. The van der Waals surface area contributed by atoms with E-state index in [9.17, 15) is 4.21 Å². The average molecular weight is 293 g/mol. The molecule has 4 heteroatoms. The lowest BCUT2D eigenvalue weighted by molar-refractivity contribution is 0.590. The number of hydrogen-bond donors (Lipinski definition) is 1. The molecule has 0 saturated heterocycles. The molecule has 0 aliphatic rings. The largest absolute Gasteiger partial charge is 0.309 e. The molecule has 1 atom stereocenters.